The monoisotopic (exact) mass is 394 g/mol. The molecule has 4 aromatic rings. The summed E-state index contributed by atoms with van der Waals surface area (Å²) in [6, 6.07) is 14.7. The normalized spacial score (nSPS) is 18.0. The van der Waals surface area contributed by atoms with Crippen LogP contribution in [0.4, 0.5) is 4.39 Å². The molecule has 0 amide bonds. The van der Waals surface area contributed by atoms with Gasteiger partial charge in [0, 0.05) is 12.1 Å². The van der Waals surface area contributed by atoms with Crippen molar-refractivity contribution < 1.29 is 4.39 Å². The minimum atomic E-state index is -0.275. The summed E-state index contributed by atoms with van der Waals surface area (Å²) in [5, 5.41) is 14.0. The standard InChI is InChI=1S/C20H19FN6S/c21-15-10-8-14(9-11-15)19-23-25-27(24-19)13-26-12-4-3-6-17(26)20-22-16-5-1-2-7-18(16)28-20/h1-2,5,7-11,17H,3-4,6,12-13H2/t17-/m0/s1. The number of likely N-dealkylation sites (tertiary alicyclic amines) is 1. The summed E-state index contributed by atoms with van der Waals surface area (Å²) in [7, 11) is 0. The number of hydrogen-bond acceptors (Lipinski definition) is 6. The van der Waals surface area contributed by atoms with Crippen molar-refractivity contribution in [2.45, 2.75) is 32.0 Å². The summed E-state index contributed by atoms with van der Waals surface area (Å²) in [5.74, 6) is 0.233. The smallest absolute Gasteiger partial charge is 0.204 e. The van der Waals surface area contributed by atoms with E-state index < -0.39 is 0 Å². The van der Waals surface area contributed by atoms with Gasteiger partial charge in [0.05, 0.1) is 16.3 Å². The highest BCUT2D eigenvalue weighted by Gasteiger charge is 2.27. The Kier molecular flexibility index (Phi) is 4.58. The number of fused-ring (bicyclic) bond motifs is 1. The van der Waals surface area contributed by atoms with E-state index >= 15 is 0 Å². The molecule has 1 aliphatic rings. The van der Waals surface area contributed by atoms with Gasteiger partial charge in [0.2, 0.25) is 5.82 Å². The second kappa shape index (κ2) is 7.37. The Morgan fingerprint density at radius 3 is 2.79 bits per heavy atom. The Hall–Kier alpha value is -2.71. The van der Waals surface area contributed by atoms with Crippen molar-refractivity contribution in [3.05, 3.63) is 59.4 Å². The van der Waals surface area contributed by atoms with Gasteiger partial charge in [-0.2, -0.15) is 0 Å². The van der Waals surface area contributed by atoms with Gasteiger partial charge in [0.1, 0.15) is 17.5 Å². The van der Waals surface area contributed by atoms with E-state index in [-0.39, 0.29) is 11.9 Å². The topological polar surface area (TPSA) is 59.7 Å². The molecule has 2 aromatic heterocycles. The van der Waals surface area contributed by atoms with Crippen LogP contribution in [-0.2, 0) is 6.67 Å². The average molecular weight is 394 g/mol. The largest absolute Gasteiger partial charge is 0.273 e. The lowest BCUT2D eigenvalue weighted by Crippen LogP contribution is -2.35. The van der Waals surface area contributed by atoms with E-state index in [1.54, 1.807) is 28.3 Å². The number of benzene rings is 2. The molecule has 0 N–H and O–H groups in total. The summed E-state index contributed by atoms with van der Waals surface area (Å²) < 4.78 is 14.3. The number of piperidine rings is 1. The van der Waals surface area contributed by atoms with Gasteiger partial charge in [-0.1, -0.05) is 18.6 Å². The van der Waals surface area contributed by atoms with E-state index in [2.05, 4.69) is 38.5 Å². The molecule has 0 aliphatic carbocycles. The van der Waals surface area contributed by atoms with Crippen molar-refractivity contribution in [2.24, 2.45) is 0 Å². The van der Waals surface area contributed by atoms with Gasteiger partial charge in [0.15, 0.2) is 0 Å². The molecule has 6 nitrogen and oxygen atoms in total. The highest BCUT2D eigenvalue weighted by atomic mass is 32.1. The van der Waals surface area contributed by atoms with E-state index in [0.29, 0.717) is 12.5 Å². The Balaban J connectivity index is 1.38. The maximum absolute atomic E-state index is 13.1. The fraction of sp³-hybridized carbons (Fsp3) is 0.300. The highest BCUT2D eigenvalue weighted by Crippen LogP contribution is 2.35. The molecule has 1 fully saturated rings. The van der Waals surface area contributed by atoms with Gasteiger partial charge in [0.25, 0.3) is 0 Å². The fourth-order valence-corrected chi connectivity index (χ4v) is 4.79. The number of aromatic nitrogens is 5. The molecular formula is C20H19FN6S. The van der Waals surface area contributed by atoms with Crippen molar-refractivity contribution in [3.63, 3.8) is 0 Å². The van der Waals surface area contributed by atoms with Gasteiger partial charge in [-0.25, -0.2) is 9.37 Å². The Morgan fingerprint density at radius 1 is 1.07 bits per heavy atom. The number of nitrogens with zero attached hydrogens (tertiary/aromatic N) is 6. The van der Waals surface area contributed by atoms with Crippen LogP contribution < -0.4 is 0 Å². The van der Waals surface area contributed by atoms with Gasteiger partial charge < -0.3 is 0 Å². The maximum Gasteiger partial charge on any atom is 0.204 e. The summed E-state index contributed by atoms with van der Waals surface area (Å²) in [6.07, 6.45) is 3.43. The fourth-order valence-electron chi connectivity index (χ4n) is 3.65. The minimum Gasteiger partial charge on any atom is -0.273 e. The van der Waals surface area contributed by atoms with Crippen molar-refractivity contribution in [2.75, 3.05) is 6.54 Å². The van der Waals surface area contributed by atoms with Gasteiger partial charge >= 0.3 is 0 Å². The molecule has 28 heavy (non-hydrogen) atoms. The van der Waals surface area contributed by atoms with E-state index in [9.17, 15) is 4.39 Å². The van der Waals surface area contributed by atoms with Crippen LogP contribution in [0.1, 0.15) is 30.3 Å². The number of halogens is 1. The van der Waals surface area contributed by atoms with Crippen LogP contribution in [0.25, 0.3) is 21.6 Å². The van der Waals surface area contributed by atoms with Crippen LogP contribution >= 0.6 is 11.3 Å². The van der Waals surface area contributed by atoms with Crippen molar-refractivity contribution in [1.82, 2.24) is 30.1 Å². The molecule has 5 rings (SSSR count). The summed E-state index contributed by atoms with van der Waals surface area (Å²) in [4.78, 5) is 8.85. The lowest BCUT2D eigenvalue weighted by molar-refractivity contribution is 0.0958. The average Bonchev–Trinajstić information content (AvgIpc) is 3.36. The number of para-hydroxylation sites is 1. The molecule has 1 aliphatic heterocycles. The summed E-state index contributed by atoms with van der Waals surface area (Å²) in [6.45, 7) is 1.54. The molecule has 8 heteroatoms. The predicted molar refractivity (Wildman–Crippen MR) is 106 cm³/mol. The van der Waals surface area contributed by atoms with Gasteiger partial charge in [-0.05, 0) is 54.5 Å². The first kappa shape index (κ1) is 17.4. The maximum atomic E-state index is 13.1. The third kappa shape index (κ3) is 3.41. The number of hydrogen-bond donors (Lipinski definition) is 0. The molecule has 3 heterocycles. The van der Waals surface area contributed by atoms with Crippen LogP contribution in [0, 0.1) is 5.82 Å². The highest BCUT2D eigenvalue weighted by molar-refractivity contribution is 7.18. The molecule has 0 bridgehead atoms. The molecule has 142 valence electrons. The van der Waals surface area contributed by atoms with Gasteiger partial charge in [-0.15, -0.1) is 26.3 Å². The minimum absolute atomic E-state index is 0.270. The van der Waals surface area contributed by atoms with Crippen LogP contribution in [0.2, 0.25) is 0 Å². The van der Waals surface area contributed by atoms with Crippen LogP contribution in [0.3, 0.4) is 0 Å². The molecule has 1 atom stereocenters. The number of thiazole rings is 1. The number of tetrazole rings is 1. The molecule has 0 radical (unpaired) electrons. The molecule has 0 spiro atoms. The lowest BCUT2D eigenvalue weighted by atomic mass is 10.0. The molecule has 0 saturated carbocycles. The quantitative estimate of drug-likeness (QED) is 0.517. The SMILES string of the molecule is Fc1ccc(-c2nnn(CN3CCCC[C@H]3c3nc4ccccc4s3)n2)cc1. The molecular weight excluding hydrogens is 375 g/mol. The molecule has 0 unspecified atom stereocenters. The summed E-state index contributed by atoms with van der Waals surface area (Å²) >= 11 is 1.77. The first-order valence-corrected chi connectivity index (χ1v) is 10.2. The first-order valence-electron chi connectivity index (χ1n) is 9.39. The Morgan fingerprint density at radius 2 is 1.93 bits per heavy atom. The second-order valence-electron chi connectivity index (χ2n) is 6.98. The third-order valence-corrected chi connectivity index (χ3v) is 6.21. The second-order valence-corrected chi connectivity index (χ2v) is 8.04. The van der Waals surface area contributed by atoms with E-state index in [4.69, 9.17) is 4.98 Å². The van der Waals surface area contributed by atoms with E-state index in [1.807, 2.05) is 6.07 Å². The van der Waals surface area contributed by atoms with Crippen molar-refractivity contribution in [3.8, 4) is 11.4 Å². The van der Waals surface area contributed by atoms with E-state index in [1.165, 1.54) is 23.3 Å². The first-order chi connectivity index (χ1) is 13.8. The van der Waals surface area contributed by atoms with E-state index in [0.717, 1.165) is 35.5 Å². The Labute approximate surface area is 165 Å². The van der Waals surface area contributed by atoms with Gasteiger partial charge in [-0.3, -0.25) is 4.90 Å². The van der Waals surface area contributed by atoms with Crippen molar-refractivity contribution >= 4 is 21.6 Å². The zero-order valence-corrected chi connectivity index (χ0v) is 16.0. The lowest BCUT2D eigenvalue weighted by Gasteiger charge is -2.33. The molecule has 2 aromatic carbocycles. The molecule has 1 saturated heterocycles. The van der Waals surface area contributed by atoms with Crippen LogP contribution in [-0.4, -0.2) is 36.6 Å². The third-order valence-electron chi connectivity index (χ3n) is 5.07. The van der Waals surface area contributed by atoms with Crippen LogP contribution in [0.15, 0.2) is 48.5 Å². The van der Waals surface area contributed by atoms with Crippen molar-refractivity contribution in [1.29, 1.82) is 0 Å². The zero-order valence-electron chi connectivity index (χ0n) is 15.2. The zero-order chi connectivity index (χ0) is 18.9. The van der Waals surface area contributed by atoms with Crippen LogP contribution in [0.5, 0.6) is 0 Å². The number of rotatable bonds is 4. The summed E-state index contributed by atoms with van der Waals surface area (Å²) in [5.41, 5.74) is 1.82. The predicted octanol–water partition coefficient (Wildman–Crippen LogP) is 4.27. The Bertz CT molecular complexity index is 1060.